The van der Waals surface area contributed by atoms with Crippen LogP contribution in [-0.2, 0) is 11.2 Å². The third-order valence-electron chi connectivity index (χ3n) is 2.55. The van der Waals surface area contributed by atoms with Crippen LogP contribution >= 0.6 is 0 Å². The summed E-state index contributed by atoms with van der Waals surface area (Å²) in [5, 5.41) is 0. The molecule has 0 unspecified atom stereocenters. The van der Waals surface area contributed by atoms with Crippen LogP contribution in [0.25, 0.3) is 0 Å². The van der Waals surface area contributed by atoms with Gasteiger partial charge in [-0.1, -0.05) is 13.8 Å². The summed E-state index contributed by atoms with van der Waals surface area (Å²) in [6.45, 7) is 6.44. The van der Waals surface area contributed by atoms with Crippen molar-refractivity contribution in [3.63, 3.8) is 0 Å². The first-order valence-corrected chi connectivity index (χ1v) is 5.81. The lowest BCUT2D eigenvalue weighted by atomic mass is 9.95. The normalized spacial score (nSPS) is 11.7. The molecule has 0 aliphatic carbocycles. The van der Waals surface area contributed by atoms with Crippen molar-refractivity contribution in [3.05, 3.63) is 30.1 Å². The third-order valence-corrected chi connectivity index (χ3v) is 2.55. The molecule has 90 valence electrons. The highest BCUT2D eigenvalue weighted by molar-refractivity contribution is 5.09. The Labute approximate surface area is 98.0 Å². The van der Waals surface area contributed by atoms with Crippen molar-refractivity contribution in [2.45, 2.75) is 26.7 Å². The molecule has 0 aromatic carbocycles. The second-order valence-electron chi connectivity index (χ2n) is 4.88. The molecule has 0 amide bonds. The number of ether oxygens (including phenoxy) is 1. The summed E-state index contributed by atoms with van der Waals surface area (Å²) in [6, 6.07) is 4.09. The van der Waals surface area contributed by atoms with Gasteiger partial charge in [0.15, 0.2) is 0 Å². The third kappa shape index (κ3) is 5.24. The Morgan fingerprint density at radius 3 is 2.62 bits per heavy atom. The van der Waals surface area contributed by atoms with Crippen LogP contribution in [0.1, 0.15) is 25.8 Å². The quantitative estimate of drug-likeness (QED) is 0.718. The highest BCUT2D eigenvalue weighted by Gasteiger charge is 2.14. The molecule has 0 bridgehead atoms. The monoisotopic (exact) mass is 222 g/mol. The minimum Gasteiger partial charge on any atom is -0.381 e. The maximum atomic E-state index is 5.63. The molecule has 3 heteroatoms. The first kappa shape index (κ1) is 13.1. The van der Waals surface area contributed by atoms with Crippen LogP contribution in [0, 0.1) is 5.41 Å². The highest BCUT2D eigenvalue weighted by Crippen LogP contribution is 2.12. The average Bonchev–Trinajstić information content (AvgIpc) is 2.30. The number of aromatic nitrogens is 1. The lowest BCUT2D eigenvalue weighted by Gasteiger charge is -2.21. The lowest BCUT2D eigenvalue weighted by Crippen LogP contribution is -2.29. The Kier molecular flexibility index (Phi) is 5.43. The number of hydrogen-bond donors (Lipinski definition) is 1. The summed E-state index contributed by atoms with van der Waals surface area (Å²) in [5.41, 5.74) is 7.04. The summed E-state index contributed by atoms with van der Waals surface area (Å²) in [4.78, 5) is 3.99. The first-order chi connectivity index (χ1) is 7.64. The van der Waals surface area contributed by atoms with Crippen molar-refractivity contribution in [2.75, 3.05) is 19.8 Å². The van der Waals surface area contributed by atoms with E-state index in [1.165, 1.54) is 5.56 Å². The van der Waals surface area contributed by atoms with E-state index in [1.54, 1.807) is 0 Å². The molecule has 0 aliphatic rings. The van der Waals surface area contributed by atoms with Crippen molar-refractivity contribution in [1.82, 2.24) is 4.98 Å². The van der Waals surface area contributed by atoms with Gasteiger partial charge in [-0.05, 0) is 37.1 Å². The largest absolute Gasteiger partial charge is 0.381 e. The van der Waals surface area contributed by atoms with E-state index >= 15 is 0 Å². The van der Waals surface area contributed by atoms with E-state index in [4.69, 9.17) is 10.5 Å². The van der Waals surface area contributed by atoms with Gasteiger partial charge in [0.2, 0.25) is 0 Å². The fourth-order valence-corrected chi connectivity index (χ4v) is 1.34. The molecule has 0 fully saturated rings. The van der Waals surface area contributed by atoms with Gasteiger partial charge < -0.3 is 10.5 Å². The maximum Gasteiger partial charge on any atom is 0.0529 e. The van der Waals surface area contributed by atoms with Crippen LogP contribution in [0.3, 0.4) is 0 Å². The fourth-order valence-electron chi connectivity index (χ4n) is 1.34. The van der Waals surface area contributed by atoms with Crippen molar-refractivity contribution < 1.29 is 4.74 Å². The zero-order valence-electron chi connectivity index (χ0n) is 10.3. The van der Waals surface area contributed by atoms with Crippen molar-refractivity contribution in [2.24, 2.45) is 11.1 Å². The van der Waals surface area contributed by atoms with Gasteiger partial charge in [0.05, 0.1) is 6.61 Å². The van der Waals surface area contributed by atoms with E-state index in [0.717, 1.165) is 26.1 Å². The van der Waals surface area contributed by atoms with Crippen LogP contribution < -0.4 is 5.73 Å². The topological polar surface area (TPSA) is 48.1 Å². The Bertz CT molecular complexity index is 285. The average molecular weight is 222 g/mol. The molecule has 1 aromatic rings. The SMILES string of the molecule is CC(C)(CN)COCCCc1ccncc1. The predicted molar refractivity (Wildman–Crippen MR) is 66.2 cm³/mol. The maximum absolute atomic E-state index is 5.63. The lowest BCUT2D eigenvalue weighted by molar-refractivity contribution is 0.0651. The molecule has 2 N–H and O–H groups in total. The molecule has 1 aromatic heterocycles. The van der Waals surface area contributed by atoms with Gasteiger partial charge >= 0.3 is 0 Å². The van der Waals surface area contributed by atoms with Crippen LogP contribution in [-0.4, -0.2) is 24.7 Å². The van der Waals surface area contributed by atoms with Gasteiger partial charge in [-0.2, -0.15) is 0 Å². The van der Waals surface area contributed by atoms with E-state index in [-0.39, 0.29) is 5.41 Å². The van der Waals surface area contributed by atoms with E-state index in [2.05, 4.69) is 18.8 Å². The number of nitrogens with two attached hydrogens (primary N) is 1. The van der Waals surface area contributed by atoms with E-state index < -0.39 is 0 Å². The van der Waals surface area contributed by atoms with Gasteiger partial charge in [0.1, 0.15) is 0 Å². The molecular weight excluding hydrogens is 200 g/mol. The second kappa shape index (κ2) is 6.61. The Morgan fingerprint density at radius 2 is 2.00 bits per heavy atom. The first-order valence-electron chi connectivity index (χ1n) is 5.81. The summed E-state index contributed by atoms with van der Waals surface area (Å²) in [6.07, 6.45) is 5.75. The molecule has 0 atom stereocenters. The van der Waals surface area contributed by atoms with E-state index in [9.17, 15) is 0 Å². The summed E-state index contributed by atoms with van der Waals surface area (Å²) < 4.78 is 5.62. The standard InChI is InChI=1S/C13H22N2O/c1-13(2,10-14)11-16-9-3-4-12-5-7-15-8-6-12/h5-8H,3-4,9-11,14H2,1-2H3. The number of rotatable bonds is 7. The highest BCUT2D eigenvalue weighted by atomic mass is 16.5. The minimum absolute atomic E-state index is 0.0939. The number of nitrogens with zero attached hydrogens (tertiary/aromatic N) is 1. The summed E-state index contributed by atoms with van der Waals surface area (Å²) >= 11 is 0. The fraction of sp³-hybridized carbons (Fsp3) is 0.615. The Balaban J connectivity index is 2.09. The molecule has 0 radical (unpaired) electrons. The number of pyridine rings is 1. The van der Waals surface area contributed by atoms with Crippen molar-refractivity contribution in [3.8, 4) is 0 Å². The second-order valence-corrected chi connectivity index (χ2v) is 4.88. The molecule has 1 heterocycles. The molecule has 16 heavy (non-hydrogen) atoms. The molecule has 3 nitrogen and oxygen atoms in total. The molecule has 0 saturated carbocycles. The number of aryl methyl sites for hydroxylation is 1. The smallest absolute Gasteiger partial charge is 0.0529 e. The van der Waals surface area contributed by atoms with Crippen LogP contribution in [0.4, 0.5) is 0 Å². The van der Waals surface area contributed by atoms with Gasteiger partial charge in [-0.25, -0.2) is 0 Å². The Morgan fingerprint density at radius 1 is 1.31 bits per heavy atom. The van der Waals surface area contributed by atoms with Gasteiger partial charge in [-0.15, -0.1) is 0 Å². The van der Waals surface area contributed by atoms with Crippen LogP contribution in [0.2, 0.25) is 0 Å². The minimum atomic E-state index is 0.0939. The van der Waals surface area contributed by atoms with Crippen molar-refractivity contribution in [1.29, 1.82) is 0 Å². The van der Waals surface area contributed by atoms with E-state index in [1.807, 2.05) is 24.5 Å². The molecule has 1 rings (SSSR count). The Hall–Kier alpha value is -0.930. The van der Waals surface area contributed by atoms with Gasteiger partial charge in [-0.3, -0.25) is 4.98 Å². The zero-order chi connectivity index (χ0) is 11.9. The van der Waals surface area contributed by atoms with Crippen LogP contribution in [0.15, 0.2) is 24.5 Å². The summed E-state index contributed by atoms with van der Waals surface area (Å²) in [5.74, 6) is 0. The van der Waals surface area contributed by atoms with Gasteiger partial charge in [0.25, 0.3) is 0 Å². The molecule has 0 aliphatic heterocycles. The van der Waals surface area contributed by atoms with Crippen LogP contribution in [0.5, 0.6) is 0 Å². The van der Waals surface area contributed by atoms with Crippen molar-refractivity contribution >= 4 is 0 Å². The number of hydrogen-bond acceptors (Lipinski definition) is 3. The summed E-state index contributed by atoms with van der Waals surface area (Å²) in [7, 11) is 0. The predicted octanol–water partition coefficient (Wildman–Crippen LogP) is 2.02. The molecule has 0 spiro atoms. The zero-order valence-corrected chi connectivity index (χ0v) is 10.3. The van der Waals surface area contributed by atoms with E-state index in [0.29, 0.717) is 6.54 Å². The van der Waals surface area contributed by atoms with Gasteiger partial charge in [0, 0.05) is 24.4 Å². The molecular formula is C13H22N2O. The molecule has 0 saturated heterocycles.